The quantitative estimate of drug-likeness (QED) is 0.910. The molecule has 2 aromatic rings. The van der Waals surface area contributed by atoms with Crippen molar-refractivity contribution < 1.29 is 5.11 Å². The molecule has 2 bridgehead atoms. The van der Waals surface area contributed by atoms with E-state index in [0.29, 0.717) is 12.0 Å². The Hall–Kier alpha value is -1.32. The van der Waals surface area contributed by atoms with E-state index in [1.807, 2.05) is 0 Å². The topological polar surface area (TPSA) is 39.3 Å². The molecule has 3 heterocycles. The van der Waals surface area contributed by atoms with Crippen molar-refractivity contribution in [1.29, 1.82) is 0 Å². The van der Waals surface area contributed by atoms with Crippen molar-refractivity contribution in [3.63, 3.8) is 0 Å². The molecule has 1 saturated carbocycles. The fraction of sp³-hybridized carbons (Fsp3) is 0.579. The van der Waals surface area contributed by atoms with Gasteiger partial charge in [0, 0.05) is 36.2 Å². The summed E-state index contributed by atoms with van der Waals surface area (Å²) in [6, 6.07) is 9.15. The maximum Gasteiger partial charge on any atom is 0.0595 e. The van der Waals surface area contributed by atoms with Gasteiger partial charge in [-0.25, -0.2) is 0 Å². The number of aliphatic hydroxyl groups excluding tert-OH is 1. The molecule has 3 heteroatoms. The molecule has 3 nitrogen and oxygen atoms in total. The number of benzene rings is 1. The second kappa shape index (κ2) is 5.71. The number of aromatic nitrogens is 1. The molecule has 1 aliphatic carbocycles. The van der Waals surface area contributed by atoms with Gasteiger partial charge in [-0.1, -0.05) is 31.5 Å². The fourth-order valence-corrected chi connectivity index (χ4v) is 4.71. The lowest BCUT2D eigenvalue weighted by Crippen LogP contribution is -2.58. The Kier molecular flexibility index (Phi) is 3.71. The molecule has 2 N–H and O–H groups in total. The van der Waals surface area contributed by atoms with E-state index in [9.17, 15) is 5.11 Å². The molecule has 1 aromatic carbocycles. The maximum atomic E-state index is 10.2. The van der Waals surface area contributed by atoms with Crippen LogP contribution in [0.25, 0.3) is 10.9 Å². The average Bonchev–Trinajstić information content (AvgIpc) is 2.96. The molecular formula is C19H26N2O. The first-order valence-electron chi connectivity index (χ1n) is 8.73. The van der Waals surface area contributed by atoms with Crippen molar-refractivity contribution in [2.45, 2.75) is 44.8 Å². The van der Waals surface area contributed by atoms with Crippen molar-refractivity contribution >= 4 is 10.9 Å². The van der Waals surface area contributed by atoms with Gasteiger partial charge in [0.15, 0.2) is 0 Å². The predicted molar refractivity (Wildman–Crippen MR) is 89.9 cm³/mol. The van der Waals surface area contributed by atoms with Crippen molar-refractivity contribution in [2.24, 2.45) is 11.8 Å². The van der Waals surface area contributed by atoms with Crippen molar-refractivity contribution in [3.8, 4) is 0 Å². The van der Waals surface area contributed by atoms with Crippen molar-refractivity contribution in [2.75, 3.05) is 13.1 Å². The summed E-state index contributed by atoms with van der Waals surface area (Å²) in [6.45, 7) is 4.51. The number of fused-ring (bicyclic) bond motifs is 4. The summed E-state index contributed by atoms with van der Waals surface area (Å²) in [6.07, 6.45) is 6.66. The van der Waals surface area contributed by atoms with Crippen LogP contribution in [0.2, 0.25) is 0 Å². The summed E-state index contributed by atoms with van der Waals surface area (Å²) < 4.78 is 0. The molecule has 1 aromatic heterocycles. The summed E-state index contributed by atoms with van der Waals surface area (Å²) in [7, 11) is 0. The molecule has 4 unspecified atom stereocenters. The average molecular weight is 298 g/mol. The fourth-order valence-electron chi connectivity index (χ4n) is 4.71. The number of aromatic amines is 1. The van der Waals surface area contributed by atoms with Gasteiger partial charge in [-0.3, -0.25) is 4.90 Å². The smallest absolute Gasteiger partial charge is 0.0595 e. The first-order chi connectivity index (χ1) is 10.8. The molecular weight excluding hydrogens is 272 g/mol. The first kappa shape index (κ1) is 14.3. The largest absolute Gasteiger partial charge is 0.393 e. The Morgan fingerprint density at radius 1 is 1.27 bits per heavy atom. The van der Waals surface area contributed by atoms with Gasteiger partial charge in [0.05, 0.1) is 6.10 Å². The van der Waals surface area contributed by atoms with E-state index in [4.69, 9.17) is 0 Å². The summed E-state index contributed by atoms with van der Waals surface area (Å²) in [5, 5.41) is 11.6. The monoisotopic (exact) mass is 298 g/mol. The number of piperidine rings is 2. The summed E-state index contributed by atoms with van der Waals surface area (Å²) in [5.74, 6) is 1.28. The lowest BCUT2D eigenvalue weighted by atomic mass is 9.70. The zero-order valence-electron chi connectivity index (χ0n) is 13.3. The Morgan fingerprint density at radius 3 is 2.95 bits per heavy atom. The van der Waals surface area contributed by atoms with Crippen LogP contribution in [0.3, 0.4) is 0 Å². The summed E-state index contributed by atoms with van der Waals surface area (Å²) in [5.41, 5.74) is 2.66. The maximum absolute atomic E-state index is 10.2. The van der Waals surface area contributed by atoms with Crippen LogP contribution >= 0.6 is 0 Å². The van der Waals surface area contributed by atoms with Crippen LogP contribution in [-0.4, -0.2) is 40.2 Å². The van der Waals surface area contributed by atoms with Gasteiger partial charge in [-0.2, -0.15) is 0 Å². The third-order valence-corrected chi connectivity index (χ3v) is 5.98. The van der Waals surface area contributed by atoms with Gasteiger partial charge >= 0.3 is 0 Å². The van der Waals surface area contributed by atoms with Gasteiger partial charge in [0.25, 0.3) is 0 Å². The van der Waals surface area contributed by atoms with Crippen LogP contribution in [0.4, 0.5) is 0 Å². The van der Waals surface area contributed by atoms with Crippen LogP contribution in [0.15, 0.2) is 30.5 Å². The molecule has 3 fully saturated rings. The number of H-pyrrole nitrogens is 1. The van der Waals surface area contributed by atoms with Gasteiger partial charge in [-0.15, -0.1) is 0 Å². The zero-order chi connectivity index (χ0) is 15.1. The number of rotatable bonds is 4. The van der Waals surface area contributed by atoms with E-state index >= 15 is 0 Å². The highest BCUT2D eigenvalue weighted by atomic mass is 16.3. The van der Waals surface area contributed by atoms with Gasteiger partial charge in [-0.05, 0) is 42.7 Å². The molecule has 4 atom stereocenters. The second-order valence-electron chi connectivity index (χ2n) is 7.14. The Bertz CT molecular complexity index is 650. The second-order valence-corrected chi connectivity index (χ2v) is 7.14. The standard InChI is InChI=1S/C19H26N2O/c1-2-13-9-15-12-21(18(13)10-19(15)22)8-7-14-11-20-17-6-4-3-5-16(14)17/h3-6,11,13,15,18-20,22H,2,7-10,12H2,1H3. The summed E-state index contributed by atoms with van der Waals surface area (Å²) in [4.78, 5) is 6.03. The highest BCUT2D eigenvalue weighted by molar-refractivity contribution is 5.83. The number of para-hydroxylation sites is 1. The highest BCUT2D eigenvalue weighted by Gasteiger charge is 2.44. The predicted octanol–water partition coefficient (Wildman–Crippen LogP) is 3.19. The van der Waals surface area contributed by atoms with Crippen LogP contribution in [-0.2, 0) is 6.42 Å². The molecule has 3 aliphatic rings. The molecule has 2 saturated heterocycles. The van der Waals surface area contributed by atoms with Gasteiger partial charge in [0.2, 0.25) is 0 Å². The van der Waals surface area contributed by atoms with Crippen molar-refractivity contribution in [1.82, 2.24) is 9.88 Å². The zero-order valence-corrected chi connectivity index (χ0v) is 13.3. The molecule has 2 aliphatic heterocycles. The van der Waals surface area contributed by atoms with E-state index in [-0.39, 0.29) is 6.10 Å². The van der Waals surface area contributed by atoms with Crippen molar-refractivity contribution in [3.05, 3.63) is 36.0 Å². The van der Waals surface area contributed by atoms with Gasteiger partial charge < -0.3 is 10.1 Å². The molecule has 0 radical (unpaired) electrons. The number of nitrogens with one attached hydrogen (secondary N) is 1. The molecule has 118 valence electrons. The minimum absolute atomic E-state index is 0.0582. The molecule has 0 spiro atoms. The summed E-state index contributed by atoms with van der Waals surface area (Å²) >= 11 is 0. The van der Waals surface area contributed by atoms with Crippen LogP contribution in [0, 0.1) is 11.8 Å². The third kappa shape index (κ3) is 2.37. The molecule has 22 heavy (non-hydrogen) atoms. The number of nitrogens with zero attached hydrogens (tertiary/aromatic N) is 1. The minimum Gasteiger partial charge on any atom is -0.393 e. The molecule has 5 rings (SSSR count). The number of hydrogen-bond donors (Lipinski definition) is 2. The third-order valence-electron chi connectivity index (χ3n) is 5.98. The Labute approximate surface area is 132 Å². The lowest BCUT2D eigenvalue weighted by molar-refractivity contribution is -0.0799. The highest BCUT2D eigenvalue weighted by Crippen LogP contribution is 2.40. The van der Waals surface area contributed by atoms with E-state index in [2.05, 4.69) is 47.3 Å². The van der Waals surface area contributed by atoms with E-state index in [1.165, 1.54) is 29.3 Å². The Balaban J connectivity index is 1.47. The number of hydrogen-bond acceptors (Lipinski definition) is 2. The van der Waals surface area contributed by atoms with Crippen LogP contribution < -0.4 is 0 Å². The minimum atomic E-state index is -0.0582. The van der Waals surface area contributed by atoms with Gasteiger partial charge in [0.1, 0.15) is 0 Å². The SMILES string of the molecule is CCC1CC2CN(CCc3c[nH]c4ccccc34)C1CC2O. The Morgan fingerprint density at radius 2 is 2.14 bits per heavy atom. The van der Waals surface area contributed by atoms with E-state index < -0.39 is 0 Å². The normalized spacial score (nSPS) is 31.9. The van der Waals surface area contributed by atoms with E-state index in [0.717, 1.165) is 31.8 Å². The molecule has 0 amide bonds. The first-order valence-corrected chi connectivity index (χ1v) is 8.73. The lowest BCUT2D eigenvalue weighted by Gasteiger charge is -2.52. The van der Waals surface area contributed by atoms with Crippen LogP contribution in [0.1, 0.15) is 31.7 Å². The van der Waals surface area contributed by atoms with E-state index in [1.54, 1.807) is 0 Å². The number of aliphatic hydroxyl groups is 1. The van der Waals surface area contributed by atoms with Crippen LogP contribution in [0.5, 0.6) is 0 Å².